The van der Waals surface area contributed by atoms with Gasteiger partial charge in [0.15, 0.2) is 0 Å². The number of hydrogen-bond acceptors (Lipinski definition) is 5. The van der Waals surface area contributed by atoms with E-state index in [2.05, 4.69) is 27.2 Å². The summed E-state index contributed by atoms with van der Waals surface area (Å²) >= 11 is 2.04. The molecule has 1 aromatic rings. The number of nitrogens with zero attached hydrogens (tertiary/aromatic N) is 3. The van der Waals surface area contributed by atoms with Crippen LogP contribution in [0, 0.1) is 0 Å². The van der Waals surface area contributed by atoms with Crippen molar-refractivity contribution >= 4 is 42.5 Å². The van der Waals surface area contributed by atoms with Gasteiger partial charge in [-0.3, -0.25) is 14.6 Å². The lowest BCUT2D eigenvalue weighted by atomic mass is 10.1. The molecule has 3 heterocycles. The molecule has 0 radical (unpaired) electrons. The van der Waals surface area contributed by atoms with Crippen LogP contribution in [0.25, 0.3) is 0 Å². The van der Waals surface area contributed by atoms with Crippen molar-refractivity contribution < 1.29 is 4.79 Å². The average Bonchev–Trinajstić information content (AvgIpc) is 3.20. The van der Waals surface area contributed by atoms with Crippen LogP contribution in [-0.2, 0) is 6.54 Å². The van der Waals surface area contributed by atoms with E-state index >= 15 is 0 Å². The zero-order chi connectivity index (χ0) is 17.8. The summed E-state index contributed by atoms with van der Waals surface area (Å²) < 4.78 is 0. The molecule has 3 saturated heterocycles. The van der Waals surface area contributed by atoms with E-state index in [9.17, 15) is 4.79 Å². The molecule has 28 heavy (non-hydrogen) atoms. The van der Waals surface area contributed by atoms with Gasteiger partial charge in [-0.25, -0.2) is 0 Å². The SMILES string of the molecule is Cl.Cl.O=C(c1ccc(CN2CCSCC2)cc1)N1CCC(N2CCNCC2)C1. The fourth-order valence-corrected chi connectivity index (χ4v) is 5.20. The number of thioether (sulfide) groups is 1. The van der Waals surface area contributed by atoms with Crippen molar-refractivity contribution in [3.05, 3.63) is 35.4 Å². The van der Waals surface area contributed by atoms with Crippen molar-refractivity contribution in [1.29, 1.82) is 0 Å². The molecule has 5 nitrogen and oxygen atoms in total. The number of piperazine rings is 1. The molecule has 3 aliphatic rings. The molecule has 1 amide bonds. The molecule has 0 spiro atoms. The lowest BCUT2D eigenvalue weighted by molar-refractivity contribution is 0.0773. The molecule has 0 aromatic heterocycles. The number of halogens is 2. The molecule has 8 heteroatoms. The van der Waals surface area contributed by atoms with Crippen LogP contribution in [0.15, 0.2) is 24.3 Å². The summed E-state index contributed by atoms with van der Waals surface area (Å²) in [6.07, 6.45) is 1.11. The highest BCUT2D eigenvalue weighted by Gasteiger charge is 2.31. The van der Waals surface area contributed by atoms with Crippen LogP contribution in [0.3, 0.4) is 0 Å². The first-order valence-corrected chi connectivity index (χ1v) is 11.1. The minimum atomic E-state index is 0. The van der Waals surface area contributed by atoms with Crippen LogP contribution in [0.4, 0.5) is 0 Å². The third kappa shape index (κ3) is 6.00. The smallest absolute Gasteiger partial charge is 0.253 e. The minimum absolute atomic E-state index is 0. The maximum absolute atomic E-state index is 12.9. The van der Waals surface area contributed by atoms with Crippen molar-refractivity contribution in [1.82, 2.24) is 20.0 Å². The van der Waals surface area contributed by atoms with Crippen molar-refractivity contribution in [2.24, 2.45) is 0 Å². The van der Waals surface area contributed by atoms with Crippen molar-refractivity contribution in [2.45, 2.75) is 19.0 Å². The van der Waals surface area contributed by atoms with E-state index in [-0.39, 0.29) is 30.7 Å². The van der Waals surface area contributed by atoms with Crippen LogP contribution < -0.4 is 5.32 Å². The standard InChI is InChI=1S/C20H30N4OS.2ClH/c25-20(24-8-5-19(16-24)23-9-6-21-7-10-23)18-3-1-17(2-4-18)15-22-11-13-26-14-12-22;;/h1-4,19,21H,5-16H2;2*1H. The topological polar surface area (TPSA) is 38.8 Å². The summed E-state index contributed by atoms with van der Waals surface area (Å²) in [6.45, 7) is 9.48. The van der Waals surface area contributed by atoms with Gasteiger partial charge < -0.3 is 10.2 Å². The third-order valence-corrected chi connectivity index (χ3v) is 6.77. The second-order valence-electron chi connectivity index (χ2n) is 7.57. The third-order valence-electron chi connectivity index (χ3n) is 5.83. The molecule has 0 bridgehead atoms. The second kappa shape index (κ2) is 11.6. The second-order valence-corrected chi connectivity index (χ2v) is 8.79. The Morgan fingerprint density at radius 1 is 1.00 bits per heavy atom. The van der Waals surface area contributed by atoms with Gasteiger partial charge in [-0.2, -0.15) is 11.8 Å². The molecule has 1 atom stereocenters. The number of rotatable bonds is 4. The highest BCUT2D eigenvalue weighted by molar-refractivity contribution is 7.99. The molecule has 3 aliphatic heterocycles. The Kier molecular flexibility index (Phi) is 9.87. The van der Waals surface area contributed by atoms with Crippen molar-refractivity contribution in [3.8, 4) is 0 Å². The number of carbonyl (C=O) groups excluding carboxylic acids is 1. The monoisotopic (exact) mass is 446 g/mol. The first-order chi connectivity index (χ1) is 12.8. The van der Waals surface area contributed by atoms with Gasteiger partial charge in [-0.05, 0) is 24.1 Å². The van der Waals surface area contributed by atoms with E-state index in [1.54, 1.807) is 0 Å². The Balaban J connectivity index is 0.00000140. The normalized spacial score (nSPS) is 23.7. The van der Waals surface area contributed by atoms with Gasteiger partial charge in [-0.1, -0.05) is 12.1 Å². The number of hydrogen-bond donors (Lipinski definition) is 1. The van der Waals surface area contributed by atoms with Gasteiger partial charge in [0.2, 0.25) is 0 Å². The average molecular weight is 447 g/mol. The summed E-state index contributed by atoms with van der Waals surface area (Å²) in [5.74, 6) is 2.67. The highest BCUT2D eigenvalue weighted by atomic mass is 35.5. The van der Waals surface area contributed by atoms with Crippen LogP contribution in [0.2, 0.25) is 0 Å². The largest absolute Gasteiger partial charge is 0.337 e. The van der Waals surface area contributed by atoms with Gasteiger partial charge in [0.05, 0.1) is 0 Å². The Bertz CT molecular complexity index is 607. The van der Waals surface area contributed by atoms with Crippen LogP contribution in [-0.4, -0.2) is 90.5 Å². The predicted octanol–water partition coefficient (Wildman–Crippen LogP) is 2.20. The lowest BCUT2D eigenvalue weighted by Gasteiger charge is -2.32. The summed E-state index contributed by atoms with van der Waals surface area (Å²) in [5.41, 5.74) is 2.15. The number of amides is 1. The van der Waals surface area contributed by atoms with Crippen LogP contribution in [0.5, 0.6) is 0 Å². The molecule has 0 saturated carbocycles. The van der Waals surface area contributed by atoms with Gasteiger partial charge in [-0.15, -0.1) is 24.8 Å². The quantitative estimate of drug-likeness (QED) is 0.767. The molecule has 1 aromatic carbocycles. The maximum Gasteiger partial charge on any atom is 0.253 e. The fourth-order valence-electron chi connectivity index (χ4n) is 4.22. The van der Waals surface area contributed by atoms with Gasteiger partial charge in [0, 0.05) is 82.0 Å². The number of likely N-dealkylation sites (tertiary alicyclic amines) is 1. The predicted molar refractivity (Wildman–Crippen MR) is 122 cm³/mol. The molecular weight excluding hydrogens is 415 g/mol. The minimum Gasteiger partial charge on any atom is -0.337 e. The molecule has 158 valence electrons. The highest BCUT2D eigenvalue weighted by Crippen LogP contribution is 2.19. The fraction of sp³-hybridized carbons (Fsp3) is 0.650. The Morgan fingerprint density at radius 2 is 1.68 bits per heavy atom. The van der Waals surface area contributed by atoms with E-state index in [0.29, 0.717) is 6.04 Å². The van der Waals surface area contributed by atoms with E-state index in [0.717, 1.165) is 57.8 Å². The summed E-state index contributed by atoms with van der Waals surface area (Å²) in [4.78, 5) is 20.0. The molecular formula is C20H32Cl2N4OS. The lowest BCUT2D eigenvalue weighted by Crippen LogP contribution is -2.49. The van der Waals surface area contributed by atoms with Crippen molar-refractivity contribution in [3.63, 3.8) is 0 Å². The molecule has 0 aliphatic carbocycles. The summed E-state index contributed by atoms with van der Waals surface area (Å²) in [7, 11) is 0. The summed E-state index contributed by atoms with van der Waals surface area (Å²) in [6, 6.07) is 8.86. The van der Waals surface area contributed by atoms with E-state index < -0.39 is 0 Å². The first kappa shape index (κ1) is 23.8. The van der Waals surface area contributed by atoms with Crippen LogP contribution in [0.1, 0.15) is 22.3 Å². The maximum atomic E-state index is 12.9. The van der Waals surface area contributed by atoms with Gasteiger partial charge >= 0.3 is 0 Å². The zero-order valence-corrected chi connectivity index (χ0v) is 18.8. The number of nitrogens with one attached hydrogen (secondary N) is 1. The zero-order valence-electron chi connectivity index (χ0n) is 16.3. The molecule has 3 fully saturated rings. The van der Waals surface area contributed by atoms with Crippen molar-refractivity contribution in [2.75, 3.05) is 63.9 Å². The van der Waals surface area contributed by atoms with Crippen LogP contribution >= 0.6 is 36.6 Å². The van der Waals surface area contributed by atoms with E-state index in [4.69, 9.17) is 0 Å². The first-order valence-electron chi connectivity index (χ1n) is 9.93. The Hall–Kier alpha value is -0.500. The molecule has 1 N–H and O–H groups in total. The Labute approximate surface area is 185 Å². The van der Waals surface area contributed by atoms with Gasteiger partial charge in [0.1, 0.15) is 0 Å². The number of benzene rings is 1. The van der Waals surface area contributed by atoms with E-state index in [1.807, 2.05) is 28.8 Å². The molecule has 4 rings (SSSR count). The Morgan fingerprint density at radius 3 is 2.36 bits per heavy atom. The van der Waals surface area contributed by atoms with E-state index in [1.165, 1.54) is 30.2 Å². The summed E-state index contributed by atoms with van der Waals surface area (Å²) in [5, 5.41) is 3.41. The molecule has 1 unspecified atom stereocenters. The number of carbonyl (C=O) groups is 1. The van der Waals surface area contributed by atoms with Gasteiger partial charge in [0.25, 0.3) is 5.91 Å².